The van der Waals surface area contributed by atoms with Crippen molar-refractivity contribution in [3.8, 4) is 11.1 Å². The van der Waals surface area contributed by atoms with E-state index in [-0.39, 0.29) is 5.41 Å². The minimum Gasteiger partial charge on any atom is -0.0614 e. The largest absolute Gasteiger partial charge is 0.0614 e. The molecule has 2 rings (SSSR count). The first-order chi connectivity index (χ1) is 8.50. The second-order valence-corrected chi connectivity index (χ2v) is 5.88. The molecule has 0 atom stereocenters. The van der Waals surface area contributed by atoms with Gasteiger partial charge in [-0.1, -0.05) is 76.2 Å². The molecule has 0 spiro atoms. The monoisotopic (exact) mass is 238 g/mol. The Morgan fingerprint density at radius 2 is 1.50 bits per heavy atom. The molecule has 0 heteroatoms. The second kappa shape index (κ2) is 4.97. The van der Waals surface area contributed by atoms with Gasteiger partial charge in [-0.05, 0) is 34.1 Å². The number of rotatable bonds is 2. The third kappa shape index (κ3) is 2.81. The number of benzene rings is 2. The van der Waals surface area contributed by atoms with Crippen LogP contribution in [0.15, 0.2) is 48.5 Å². The van der Waals surface area contributed by atoms with Crippen LogP contribution in [0.3, 0.4) is 0 Å². The molecule has 0 unspecified atom stereocenters. The van der Waals surface area contributed by atoms with Crippen LogP contribution >= 0.6 is 0 Å². The van der Waals surface area contributed by atoms with Crippen LogP contribution in [-0.4, -0.2) is 0 Å². The average Bonchev–Trinajstić information content (AvgIpc) is 2.38. The predicted molar refractivity (Wildman–Crippen MR) is 80.0 cm³/mol. The third-order valence-electron chi connectivity index (χ3n) is 3.42. The first-order valence-electron chi connectivity index (χ1n) is 6.70. The van der Waals surface area contributed by atoms with Crippen molar-refractivity contribution in [3.05, 3.63) is 59.7 Å². The fourth-order valence-electron chi connectivity index (χ4n) is 2.13. The lowest BCUT2D eigenvalue weighted by atomic mass is 9.86. The first kappa shape index (κ1) is 12.9. The zero-order valence-electron chi connectivity index (χ0n) is 11.8. The Morgan fingerprint density at radius 1 is 0.833 bits per heavy atom. The standard InChI is InChI=1S/C18H22/c1-5-14-7-6-8-16(13-14)15-9-11-17(12-10-15)18(2,3)4/h6-13H,5H2,1-4H3. The summed E-state index contributed by atoms with van der Waals surface area (Å²) in [5, 5.41) is 0. The molecule has 0 radical (unpaired) electrons. The van der Waals surface area contributed by atoms with Gasteiger partial charge in [-0.15, -0.1) is 0 Å². The van der Waals surface area contributed by atoms with Crippen molar-refractivity contribution in [1.29, 1.82) is 0 Å². The molecule has 94 valence electrons. The van der Waals surface area contributed by atoms with E-state index < -0.39 is 0 Å². The maximum atomic E-state index is 2.28. The minimum atomic E-state index is 0.226. The summed E-state index contributed by atoms with van der Waals surface area (Å²) >= 11 is 0. The highest BCUT2D eigenvalue weighted by atomic mass is 14.2. The molecule has 0 fully saturated rings. The van der Waals surface area contributed by atoms with Crippen molar-refractivity contribution in [1.82, 2.24) is 0 Å². The summed E-state index contributed by atoms with van der Waals surface area (Å²) in [4.78, 5) is 0. The van der Waals surface area contributed by atoms with Gasteiger partial charge in [0.2, 0.25) is 0 Å². The van der Waals surface area contributed by atoms with E-state index in [2.05, 4.69) is 76.2 Å². The molecule has 18 heavy (non-hydrogen) atoms. The van der Waals surface area contributed by atoms with Gasteiger partial charge in [0.15, 0.2) is 0 Å². The third-order valence-corrected chi connectivity index (χ3v) is 3.42. The van der Waals surface area contributed by atoms with Crippen LogP contribution in [0, 0.1) is 0 Å². The first-order valence-corrected chi connectivity index (χ1v) is 6.70. The van der Waals surface area contributed by atoms with Crippen LogP contribution in [-0.2, 0) is 11.8 Å². The maximum absolute atomic E-state index is 2.28. The quantitative estimate of drug-likeness (QED) is 0.673. The highest BCUT2D eigenvalue weighted by Gasteiger charge is 2.12. The van der Waals surface area contributed by atoms with E-state index in [4.69, 9.17) is 0 Å². The van der Waals surface area contributed by atoms with Crippen LogP contribution in [0.25, 0.3) is 11.1 Å². The van der Waals surface area contributed by atoms with Crippen LogP contribution in [0.4, 0.5) is 0 Å². The highest BCUT2D eigenvalue weighted by Crippen LogP contribution is 2.26. The van der Waals surface area contributed by atoms with Gasteiger partial charge in [0.05, 0.1) is 0 Å². The van der Waals surface area contributed by atoms with Gasteiger partial charge in [-0.3, -0.25) is 0 Å². The zero-order valence-corrected chi connectivity index (χ0v) is 11.8. The highest BCUT2D eigenvalue weighted by molar-refractivity contribution is 5.64. The van der Waals surface area contributed by atoms with Gasteiger partial charge in [0.25, 0.3) is 0 Å². The Labute approximate surface area is 111 Å². The predicted octanol–water partition coefficient (Wildman–Crippen LogP) is 5.21. The molecule has 0 saturated carbocycles. The summed E-state index contributed by atoms with van der Waals surface area (Å²) in [5.41, 5.74) is 5.63. The molecule has 0 N–H and O–H groups in total. The summed E-state index contributed by atoms with van der Waals surface area (Å²) in [6.07, 6.45) is 1.09. The smallest absolute Gasteiger partial charge is 0.0132 e. The van der Waals surface area contributed by atoms with Crippen molar-refractivity contribution in [2.75, 3.05) is 0 Å². The summed E-state index contributed by atoms with van der Waals surface area (Å²) < 4.78 is 0. The van der Waals surface area contributed by atoms with E-state index >= 15 is 0 Å². The normalized spacial score (nSPS) is 11.6. The Bertz CT molecular complexity index is 512. The number of aryl methyl sites for hydroxylation is 1. The van der Waals surface area contributed by atoms with E-state index in [9.17, 15) is 0 Å². The molecule has 0 bridgehead atoms. The summed E-state index contributed by atoms with van der Waals surface area (Å²) in [7, 11) is 0. The van der Waals surface area contributed by atoms with Crippen molar-refractivity contribution in [2.24, 2.45) is 0 Å². The summed E-state index contributed by atoms with van der Waals surface area (Å²) in [6, 6.07) is 17.8. The average molecular weight is 238 g/mol. The Morgan fingerprint density at radius 3 is 2.06 bits per heavy atom. The Hall–Kier alpha value is -1.56. The van der Waals surface area contributed by atoms with E-state index in [0.717, 1.165) is 6.42 Å². The molecule has 0 heterocycles. The zero-order chi connectivity index (χ0) is 13.2. The van der Waals surface area contributed by atoms with E-state index in [1.807, 2.05) is 0 Å². The lowest BCUT2D eigenvalue weighted by molar-refractivity contribution is 0.590. The van der Waals surface area contributed by atoms with E-state index in [1.165, 1.54) is 22.3 Å². The lowest BCUT2D eigenvalue weighted by Gasteiger charge is -2.19. The van der Waals surface area contributed by atoms with E-state index in [0.29, 0.717) is 0 Å². The minimum absolute atomic E-state index is 0.226. The molecule has 0 aliphatic heterocycles. The van der Waals surface area contributed by atoms with Gasteiger partial charge in [-0.25, -0.2) is 0 Å². The van der Waals surface area contributed by atoms with Gasteiger partial charge >= 0.3 is 0 Å². The molecular formula is C18H22. The van der Waals surface area contributed by atoms with Crippen molar-refractivity contribution in [3.63, 3.8) is 0 Å². The number of hydrogen-bond acceptors (Lipinski definition) is 0. The molecule has 0 saturated heterocycles. The van der Waals surface area contributed by atoms with Crippen molar-refractivity contribution >= 4 is 0 Å². The molecular weight excluding hydrogens is 216 g/mol. The maximum Gasteiger partial charge on any atom is -0.0132 e. The topological polar surface area (TPSA) is 0 Å². The van der Waals surface area contributed by atoms with Crippen molar-refractivity contribution < 1.29 is 0 Å². The van der Waals surface area contributed by atoms with Crippen LogP contribution in [0.2, 0.25) is 0 Å². The molecule has 0 nitrogen and oxygen atoms in total. The number of hydrogen-bond donors (Lipinski definition) is 0. The SMILES string of the molecule is CCc1cccc(-c2ccc(C(C)(C)C)cc2)c1. The molecule has 0 amide bonds. The Kier molecular flexibility index (Phi) is 3.56. The molecule has 0 aromatic heterocycles. The van der Waals surface area contributed by atoms with Gasteiger partial charge in [0.1, 0.15) is 0 Å². The molecule has 0 aliphatic rings. The molecule has 2 aromatic rings. The summed E-state index contributed by atoms with van der Waals surface area (Å²) in [6.45, 7) is 8.95. The second-order valence-electron chi connectivity index (χ2n) is 5.88. The van der Waals surface area contributed by atoms with Crippen LogP contribution in [0.1, 0.15) is 38.8 Å². The molecule has 0 aliphatic carbocycles. The fraction of sp³-hybridized carbons (Fsp3) is 0.333. The lowest BCUT2D eigenvalue weighted by Crippen LogP contribution is -2.10. The fourth-order valence-corrected chi connectivity index (χ4v) is 2.13. The Balaban J connectivity index is 2.34. The van der Waals surface area contributed by atoms with Gasteiger partial charge in [-0.2, -0.15) is 0 Å². The van der Waals surface area contributed by atoms with Gasteiger partial charge < -0.3 is 0 Å². The van der Waals surface area contributed by atoms with Gasteiger partial charge in [0, 0.05) is 0 Å². The summed E-state index contributed by atoms with van der Waals surface area (Å²) in [5.74, 6) is 0. The van der Waals surface area contributed by atoms with Crippen molar-refractivity contribution in [2.45, 2.75) is 39.5 Å². The molecule has 2 aromatic carbocycles. The van der Waals surface area contributed by atoms with E-state index in [1.54, 1.807) is 0 Å². The van der Waals surface area contributed by atoms with Crippen LogP contribution in [0.5, 0.6) is 0 Å². The van der Waals surface area contributed by atoms with Crippen LogP contribution < -0.4 is 0 Å².